The molecule has 2 saturated heterocycles. The molecule has 0 radical (unpaired) electrons. The number of benzene rings is 1. The Balaban J connectivity index is 1.36. The molecule has 6 rings (SSSR count). The van der Waals surface area contributed by atoms with Crippen LogP contribution in [-0.4, -0.2) is 47.5 Å². The van der Waals surface area contributed by atoms with Crippen LogP contribution in [0.2, 0.25) is 0 Å². The molecule has 6 nitrogen and oxygen atoms in total. The zero-order valence-electron chi connectivity index (χ0n) is 18.1. The van der Waals surface area contributed by atoms with Gasteiger partial charge in [-0.25, -0.2) is 4.79 Å². The van der Waals surface area contributed by atoms with Gasteiger partial charge in [0.15, 0.2) is 0 Å². The maximum Gasteiger partial charge on any atom is 0.344 e. The molecule has 3 aromatic heterocycles. The molecule has 2 aliphatic rings. The number of hydrogen-bond acceptors (Lipinski definition) is 5. The first kappa shape index (κ1) is 18.6. The van der Waals surface area contributed by atoms with Crippen LogP contribution in [0.25, 0.3) is 27.6 Å². The van der Waals surface area contributed by atoms with Gasteiger partial charge in [-0.3, -0.25) is 4.98 Å². The van der Waals surface area contributed by atoms with Crippen LogP contribution in [0.4, 0.5) is 5.69 Å². The number of anilines is 1. The fourth-order valence-corrected chi connectivity index (χ4v) is 5.51. The van der Waals surface area contributed by atoms with Gasteiger partial charge in [0.2, 0.25) is 0 Å². The lowest BCUT2D eigenvalue weighted by Gasteiger charge is -2.21. The van der Waals surface area contributed by atoms with Gasteiger partial charge < -0.3 is 18.6 Å². The van der Waals surface area contributed by atoms with Crippen molar-refractivity contribution in [2.24, 2.45) is 11.8 Å². The smallest absolute Gasteiger partial charge is 0.344 e. The van der Waals surface area contributed by atoms with Crippen molar-refractivity contribution in [1.82, 2.24) is 14.3 Å². The normalized spacial score (nSPS) is 21.5. The molecule has 2 aliphatic heterocycles. The van der Waals surface area contributed by atoms with Gasteiger partial charge >= 0.3 is 5.63 Å². The van der Waals surface area contributed by atoms with Gasteiger partial charge in [0.25, 0.3) is 0 Å². The number of hydrogen-bond donors (Lipinski definition) is 0. The molecule has 2 atom stereocenters. The maximum absolute atomic E-state index is 12.9. The molecule has 0 aliphatic carbocycles. The van der Waals surface area contributed by atoms with E-state index in [1.807, 2.05) is 48.8 Å². The third kappa shape index (κ3) is 3.05. The van der Waals surface area contributed by atoms with Crippen LogP contribution < -0.4 is 10.5 Å². The topological polar surface area (TPSA) is 54.0 Å². The van der Waals surface area contributed by atoms with Gasteiger partial charge in [0, 0.05) is 61.3 Å². The second-order valence-electron chi connectivity index (χ2n) is 9.30. The number of aromatic nitrogens is 2. The third-order valence-electron chi connectivity index (χ3n) is 6.95. The van der Waals surface area contributed by atoms with Crippen molar-refractivity contribution in [3.63, 3.8) is 0 Å². The number of aryl methyl sites for hydroxylation is 2. The van der Waals surface area contributed by atoms with Crippen molar-refractivity contribution in [3.05, 3.63) is 64.5 Å². The van der Waals surface area contributed by atoms with Crippen LogP contribution >= 0.6 is 0 Å². The predicted molar refractivity (Wildman–Crippen MR) is 123 cm³/mol. The lowest BCUT2D eigenvalue weighted by Crippen LogP contribution is -2.26. The summed E-state index contributed by atoms with van der Waals surface area (Å²) in [5.41, 5.74) is 5.82. The minimum atomic E-state index is -0.303. The summed E-state index contributed by atoms with van der Waals surface area (Å²) >= 11 is 0. The Kier molecular flexibility index (Phi) is 4.02. The minimum absolute atomic E-state index is 0.303. The fourth-order valence-electron chi connectivity index (χ4n) is 5.51. The highest BCUT2D eigenvalue weighted by molar-refractivity contribution is 5.85. The molecule has 31 heavy (non-hydrogen) atoms. The molecule has 2 fully saturated rings. The Hall–Kier alpha value is -3.12. The third-order valence-corrected chi connectivity index (χ3v) is 6.95. The van der Waals surface area contributed by atoms with E-state index in [9.17, 15) is 4.79 Å². The van der Waals surface area contributed by atoms with Crippen LogP contribution in [0, 0.1) is 25.7 Å². The van der Waals surface area contributed by atoms with Gasteiger partial charge in [0.05, 0.1) is 22.5 Å². The Bertz CT molecular complexity index is 1370. The second kappa shape index (κ2) is 6.69. The molecule has 1 aromatic carbocycles. The standard InChI is InChI=1S/C25H26N4O2/c1-15-9-29-12-18(7-23(29)16(2)26-15)22-6-17-4-5-21(8-24(17)31-25(22)30)28-13-19-10-27(3)11-20(19)14-28/h4-9,12,19-20H,10-11,13-14H2,1-3H3/t19-,20+. The molecule has 0 bridgehead atoms. The highest BCUT2D eigenvalue weighted by Gasteiger charge is 2.38. The van der Waals surface area contributed by atoms with E-state index < -0.39 is 0 Å². The van der Waals surface area contributed by atoms with E-state index in [1.165, 1.54) is 13.1 Å². The molecule has 158 valence electrons. The Morgan fingerprint density at radius 3 is 2.55 bits per heavy atom. The molecule has 0 amide bonds. The van der Waals surface area contributed by atoms with Crippen molar-refractivity contribution in [3.8, 4) is 11.1 Å². The van der Waals surface area contributed by atoms with Crippen molar-refractivity contribution in [1.29, 1.82) is 0 Å². The van der Waals surface area contributed by atoms with Gasteiger partial charge in [-0.15, -0.1) is 0 Å². The molecule has 0 saturated carbocycles. The SMILES string of the molecule is Cc1cn2cc(-c3cc4ccc(N5C[C@H]6CN(C)C[C@H]6C5)cc4oc3=O)cc2c(C)n1. The average molecular weight is 415 g/mol. The van der Waals surface area contributed by atoms with Gasteiger partial charge in [-0.1, -0.05) is 0 Å². The minimum Gasteiger partial charge on any atom is -0.422 e. The Labute approximate surface area is 180 Å². The van der Waals surface area contributed by atoms with Gasteiger partial charge in [-0.05, 0) is 57.0 Å². The summed E-state index contributed by atoms with van der Waals surface area (Å²) in [6, 6.07) is 10.2. The summed E-state index contributed by atoms with van der Waals surface area (Å²) in [5, 5.41) is 0.943. The van der Waals surface area contributed by atoms with Crippen LogP contribution in [0.5, 0.6) is 0 Å². The number of rotatable bonds is 2. The summed E-state index contributed by atoms with van der Waals surface area (Å²) in [6.45, 7) is 8.46. The zero-order chi connectivity index (χ0) is 21.3. The molecule has 0 N–H and O–H groups in total. The van der Waals surface area contributed by atoms with Crippen LogP contribution in [-0.2, 0) is 0 Å². The van der Waals surface area contributed by atoms with Gasteiger partial charge in [0.1, 0.15) is 5.58 Å². The summed E-state index contributed by atoms with van der Waals surface area (Å²) in [6.07, 6.45) is 3.95. The van der Waals surface area contributed by atoms with E-state index in [4.69, 9.17) is 4.42 Å². The molecular formula is C25H26N4O2. The van der Waals surface area contributed by atoms with Crippen LogP contribution in [0.1, 0.15) is 11.4 Å². The van der Waals surface area contributed by atoms with Crippen molar-refractivity contribution < 1.29 is 4.42 Å². The number of likely N-dealkylation sites (tertiary alicyclic amines) is 1. The zero-order valence-corrected chi connectivity index (χ0v) is 18.1. The molecule has 6 heteroatoms. The number of nitrogens with zero attached hydrogens (tertiary/aromatic N) is 4. The lowest BCUT2D eigenvalue weighted by molar-refractivity contribution is 0.387. The largest absolute Gasteiger partial charge is 0.422 e. The van der Waals surface area contributed by atoms with Crippen LogP contribution in [0.3, 0.4) is 0 Å². The molecule has 4 aromatic rings. The van der Waals surface area contributed by atoms with Crippen LogP contribution in [0.15, 0.2) is 51.9 Å². The molecule has 0 spiro atoms. The summed E-state index contributed by atoms with van der Waals surface area (Å²) in [5.74, 6) is 1.47. The Morgan fingerprint density at radius 2 is 1.77 bits per heavy atom. The molecular weight excluding hydrogens is 388 g/mol. The molecule has 5 heterocycles. The van der Waals surface area contributed by atoms with Crippen molar-refractivity contribution in [2.45, 2.75) is 13.8 Å². The summed E-state index contributed by atoms with van der Waals surface area (Å²) < 4.78 is 7.82. The quantitative estimate of drug-likeness (QED) is 0.468. The van der Waals surface area contributed by atoms with Gasteiger partial charge in [-0.2, -0.15) is 0 Å². The van der Waals surface area contributed by atoms with Crippen molar-refractivity contribution >= 4 is 22.2 Å². The van der Waals surface area contributed by atoms with E-state index >= 15 is 0 Å². The highest BCUT2D eigenvalue weighted by Crippen LogP contribution is 2.34. The first-order valence-corrected chi connectivity index (χ1v) is 10.9. The van der Waals surface area contributed by atoms with E-state index in [2.05, 4.69) is 34.0 Å². The van der Waals surface area contributed by atoms with E-state index in [-0.39, 0.29) is 5.63 Å². The first-order valence-electron chi connectivity index (χ1n) is 10.9. The lowest BCUT2D eigenvalue weighted by atomic mass is 10.0. The Morgan fingerprint density at radius 1 is 1.00 bits per heavy atom. The fraction of sp³-hybridized carbons (Fsp3) is 0.360. The highest BCUT2D eigenvalue weighted by atomic mass is 16.4. The van der Waals surface area contributed by atoms with Crippen molar-refractivity contribution in [2.75, 3.05) is 38.1 Å². The second-order valence-corrected chi connectivity index (χ2v) is 9.30. The monoisotopic (exact) mass is 414 g/mol. The van der Waals surface area contributed by atoms with E-state index in [0.717, 1.165) is 58.5 Å². The molecule has 0 unspecified atom stereocenters. The summed E-state index contributed by atoms with van der Waals surface area (Å²) in [7, 11) is 2.21. The predicted octanol–water partition coefficient (Wildman–Crippen LogP) is 3.72. The number of fused-ring (bicyclic) bond motifs is 3. The first-order chi connectivity index (χ1) is 14.9. The average Bonchev–Trinajstić information content (AvgIpc) is 3.39. The van der Waals surface area contributed by atoms with E-state index in [1.54, 1.807) is 0 Å². The van der Waals surface area contributed by atoms with E-state index in [0.29, 0.717) is 11.1 Å². The summed E-state index contributed by atoms with van der Waals surface area (Å²) in [4.78, 5) is 22.3. The maximum atomic E-state index is 12.9.